The predicted octanol–water partition coefficient (Wildman–Crippen LogP) is 3.22. The topological polar surface area (TPSA) is 67.8 Å². The van der Waals surface area contributed by atoms with Gasteiger partial charge in [-0.3, -0.25) is 0 Å². The van der Waals surface area contributed by atoms with Crippen LogP contribution >= 0.6 is 0 Å². The lowest BCUT2D eigenvalue weighted by Crippen LogP contribution is -2.19. The van der Waals surface area contributed by atoms with Gasteiger partial charge in [0.1, 0.15) is 5.75 Å². The third kappa shape index (κ3) is 4.76. The number of nitrogens with one attached hydrogen (secondary N) is 1. The number of ether oxygens (including phenoxy) is 1. The van der Waals surface area contributed by atoms with E-state index in [0.717, 1.165) is 5.56 Å². The Bertz CT molecular complexity index is 835. The molecule has 0 radical (unpaired) electrons. The molecule has 0 spiro atoms. The smallest absolute Gasteiger partial charge is 0.387 e. The number of nitrogens with zero attached hydrogens (tertiary/aromatic N) is 1. The van der Waals surface area contributed by atoms with Crippen molar-refractivity contribution in [1.82, 2.24) is 4.83 Å². The first-order valence-corrected chi connectivity index (χ1v) is 8.43. The summed E-state index contributed by atoms with van der Waals surface area (Å²) < 4.78 is 52.8. The van der Waals surface area contributed by atoms with E-state index < -0.39 is 16.6 Å². The highest BCUT2D eigenvalue weighted by atomic mass is 32.2. The summed E-state index contributed by atoms with van der Waals surface area (Å²) >= 11 is 0. The van der Waals surface area contributed by atoms with Crippen molar-refractivity contribution in [3.63, 3.8) is 0 Å². The molecule has 24 heavy (non-hydrogen) atoms. The van der Waals surface area contributed by atoms with Crippen molar-refractivity contribution in [3.8, 4) is 5.75 Å². The van der Waals surface area contributed by atoms with Gasteiger partial charge in [-0.25, -0.2) is 4.83 Å². The van der Waals surface area contributed by atoms with Gasteiger partial charge in [-0.05, 0) is 60.9 Å². The van der Waals surface area contributed by atoms with Crippen molar-refractivity contribution in [2.75, 3.05) is 0 Å². The zero-order chi connectivity index (χ0) is 17.7. The number of rotatable bonds is 6. The zero-order valence-corrected chi connectivity index (χ0v) is 13.8. The minimum absolute atomic E-state index is 0.0121. The van der Waals surface area contributed by atoms with Gasteiger partial charge in [0.05, 0.1) is 11.1 Å². The number of halogens is 2. The molecule has 0 amide bonds. The third-order valence-electron chi connectivity index (χ3n) is 3.12. The molecule has 128 valence electrons. The number of benzene rings is 2. The van der Waals surface area contributed by atoms with Gasteiger partial charge in [0.2, 0.25) is 0 Å². The summed E-state index contributed by atoms with van der Waals surface area (Å²) in [7, 11) is -3.78. The van der Waals surface area contributed by atoms with Gasteiger partial charge in [0, 0.05) is 0 Å². The molecule has 2 aromatic rings. The molecule has 8 heteroatoms. The minimum Gasteiger partial charge on any atom is -0.435 e. The van der Waals surface area contributed by atoms with Crippen molar-refractivity contribution in [3.05, 3.63) is 59.2 Å². The van der Waals surface area contributed by atoms with Gasteiger partial charge in [0.15, 0.2) is 0 Å². The molecule has 2 aromatic carbocycles. The Morgan fingerprint density at radius 3 is 2.42 bits per heavy atom. The molecule has 5 nitrogen and oxygen atoms in total. The maximum atomic E-state index is 12.2. The Morgan fingerprint density at radius 1 is 1.12 bits per heavy atom. The Balaban J connectivity index is 2.08. The summed E-state index contributed by atoms with van der Waals surface area (Å²) in [4.78, 5) is 2.28. The van der Waals surface area contributed by atoms with Crippen molar-refractivity contribution < 1.29 is 21.9 Å². The van der Waals surface area contributed by atoms with E-state index in [4.69, 9.17) is 0 Å². The number of hydrogen-bond acceptors (Lipinski definition) is 4. The molecule has 0 bridgehead atoms. The molecule has 0 atom stereocenters. The normalized spacial score (nSPS) is 11.9. The lowest BCUT2D eigenvalue weighted by atomic mass is 10.2. The molecule has 0 aliphatic heterocycles. The van der Waals surface area contributed by atoms with Crippen LogP contribution in [-0.4, -0.2) is 21.2 Å². The van der Waals surface area contributed by atoms with Crippen LogP contribution in [0.25, 0.3) is 0 Å². The second-order valence-corrected chi connectivity index (χ2v) is 6.70. The van der Waals surface area contributed by atoms with Crippen LogP contribution in [0.4, 0.5) is 8.78 Å². The molecule has 0 saturated heterocycles. The van der Waals surface area contributed by atoms with E-state index in [0.29, 0.717) is 11.1 Å². The van der Waals surface area contributed by atoms with Gasteiger partial charge in [-0.15, -0.1) is 0 Å². The van der Waals surface area contributed by atoms with E-state index in [1.54, 1.807) is 26.0 Å². The summed E-state index contributed by atoms with van der Waals surface area (Å²) in [6, 6.07) is 10.7. The standard InChI is InChI=1S/C16H16F2N2O3S/c1-11-3-4-12(2)15(9-11)24(21,22)20-19-10-13-5-7-14(8-6-13)23-16(17)18/h3-10,16,20H,1-2H3/b19-10+. The van der Waals surface area contributed by atoms with Gasteiger partial charge in [-0.2, -0.15) is 22.3 Å². The first-order valence-electron chi connectivity index (χ1n) is 6.95. The molecule has 1 N–H and O–H groups in total. The van der Waals surface area contributed by atoms with E-state index in [2.05, 4.69) is 14.7 Å². The van der Waals surface area contributed by atoms with Gasteiger partial charge >= 0.3 is 6.61 Å². The van der Waals surface area contributed by atoms with Crippen LogP contribution in [0.2, 0.25) is 0 Å². The van der Waals surface area contributed by atoms with E-state index in [-0.39, 0.29) is 10.6 Å². The Labute approximate surface area is 139 Å². The van der Waals surface area contributed by atoms with Crippen LogP contribution < -0.4 is 9.57 Å². The van der Waals surface area contributed by atoms with E-state index in [1.807, 2.05) is 6.07 Å². The number of hydrazone groups is 1. The Hall–Kier alpha value is -2.48. The molecule has 0 saturated carbocycles. The Morgan fingerprint density at radius 2 is 1.79 bits per heavy atom. The van der Waals surface area contributed by atoms with Gasteiger partial charge in [0.25, 0.3) is 10.0 Å². The van der Waals surface area contributed by atoms with E-state index in [1.165, 1.54) is 30.5 Å². The third-order valence-corrected chi connectivity index (χ3v) is 4.49. The number of hydrogen-bond donors (Lipinski definition) is 1. The SMILES string of the molecule is Cc1ccc(C)c(S(=O)(=O)N/N=C/c2ccc(OC(F)F)cc2)c1. The molecule has 0 aromatic heterocycles. The summed E-state index contributed by atoms with van der Waals surface area (Å²) in [5.74, 6) is 0.0121. The highest BCUT2D eigenvalue weighted by molar-refractivity contribution is 7.89. The fourth-order valence-corrected chi connectivity index (χ4v) is 3.07. The van der Waals surface area contributed by atoms with Crippen LogP contribution in [0.3, 0.4) is 0 Å². The summed E-state index contributed by atoms with van der Waals surface area (Å²) in [6.07, 6.45) is 1.27. The molecular formula is C16H16F2N2O3S. The van der Waals surface area contributed by atoms with Crippen molar-refractivity contribution in [1.29, 1.82) is 0 Å². The first kappa shape index (κ1) is 17.9. The molecule has 0 fully saturated rings. The highest BCUT2D eigenvalue weighted by Gasteiger charge is 2.15. The quantitative estimate of drug-likeness (QED) is 0.640. The number of aryl methyl sites for hydroxylation is 2. The van der Waals surface area contributed by atoms with E-state index >= 15 is 0 Å². The van der Waals surface area contributed by atoms with Crippen LogP contribution in [0.5, 0.6) is 5.75 Å². The predicted molar refractivity (Wildman–Crippen MR) is 86.9 cm³/mol. The van der Waals surface area contributed by atoms with E-state index in [9.17, 15) is 17.2 Å². The second-order valence-electron chi connectivity index (χ2n) is 5.07. The van der Waals surface area contributed by atoms with Crippen LogP contribution in [0, 0.1) is 13.8 Å². The van der Waals surface area contributed by atoms with Crippen molar-refractivity contribution >= 4 is 16.2 Å². The Kier molecular flexibility index (Phi) is 5.50. The molecule has 0 unspecified atom stereocenters. The fourth-order valence-electron chi connectivity index (χ4n) is 1.95. The fraction of sp³-hybridized carbons (Fsp3) is 0.188. The largest absolute Gasteiger partial charge is 0.435 e. The maximum Gasteiger partial charge on any atom is 0.387 e. The van der Waals surface area contributed by atoms with Crippen LogP contribution in [0.15, 0.2) is 52.5 Å². The van der Waals surface area contributed by atoms with Gasteiger partial charge in [-0.1, -0.05) is 12.1 Å². The molecular weight excluding hydrogens is 338 g/mol. The average molecular weight is 354 g/mol. The zero-order valence-electron chi connectivity index (χ0n) is 13.0. The molecule has 2 rings (SSSR count). The van der Waals surface area contributed by atoms with Crippen molar-refractivity contribution in [2.45, 2.75) is 25.4 Å². The number of alkyl halides is 2. The molecule has 0 aliphatic carbocycles. The number of sulfonamides is 1. The second kappa shape index (κ2) is 7.39. The summed E-state index contributed by atoms with van der Waals surface area (Å²) in [6.45, 7) is 0.596. The lowest BCUT2D eigenvalue weighted by Gasteiger charge is -2.07. The molecule has 0 heterocycles. The minimum atomic E-state index is -3.78. The van der Waals surface area contributed by atoms with Crippen LogP contribution in [0.1, 0.15) is 16.7 Å². The lowest BCUT2D eigenvalue weighted by molar-refractivity contribution is -0.0498. The van der Waals surface area contributed by atoms with Crippen LogP contribution in [-0.2, 0) is 10.0 Å². The van der Waals surface area contributed by atoms with Crippen molar-refractivity contribution in [2.24, 2.45) is 5.10 Å². The maximum absolute atomic E-state index is 12.2. The molecule has 0 aliphatic rings. The average Bonchev–Trinajstić information content (AvgIpc) is 2.50. The van der Waals surface area contributed by atoms with Gasteiger partial charge < -0.3 is 4.74 Å². The summed E-state index contributed by atoms with van der Waals surface area (Å²) in [5, 5.41) is 3.70. The monoisotopic (exact) mass is 354 g/mol. The first-order chi connectivity index (χ1) is 11.3. The summed E-state index contributed by atoms with van der Waals surface area (Å²) in [5.41, 5.74) is 1.96. The highest BCUT2D eigenvalue weighted by Crippen LogP contribution is 2.17.